The van der Waals surface area contributed by atoms with Crippen LogP contribution in [0.2, 0.25) is 0 Å². The normalized spacial score (nSPS) is 12.8. The third-order valence-electron chi connectivity index (χ3n) is 4.50. The van der Waals surface area contributed by atoms with Crippen molar-refractivity contribution in [3.05, 3.63) is 69.6 Å². The number of halogens is 3. The van der Waals surface area contributed by atoms with Crippen molar-refractivity contribution in [2.24, 2.45) is 5.92 Å². The average Bonchev–Trinajstić information content (AvgIpc) is 2.61. The molecule has 1 heterocycles. The molecule has 1 aromatic heterocycles. The van der Waals surface area contributed by atoms with E-state index in [1.54, 1.807) is 0 Å². The molecule has 0 aliphatic carbocycles. The summed E-state index contributed by atoms with van der Waals surface area (Å²) in [6, 6.07) is 9.45. The Kier molecular flexibility index (Phi) is 7.05. The number of carbonyl (C=O) groups is 1. The lowest BCUT2D eigenvalue weighted by atomic mass is 9.94. The van der Waals surface area contributed by atoms with Gasteiger partial charge in [0.15, 0.2) is 0 Å². The first-order valence-corrected chi connectivity index (χ1v) is 9.28. The van der Waals surface area contributed by atoms with Crippen LogP contribution >= 0.6 is 0 Å². The molecule has 152 valence electrons. The van der Waals surface area contributed by atoms with Gasteiger partial charge in [0.05, 0.1) is 6.04 Å². The Morgan fingerprint density at radius 3 is 2.32 bits per heavy atom. The van der Waals surface area contributed by atoms with Crippen molar-refractivity contribution in [1.29, 1.82) is 0 Å². The lowest BCUT2D eigenvalue weighted by Gasteiger charge is -2.23. The van der Waals surface area contributed by atoms with E-state index < -0.39 is 29.8 Å². The molecule has 1 atom stereocenters. The molecule has 0 aliphatic rings. The molecule has 1 N–H and O–H groups in total. The molecule has 0 saturated heterocycles. The lowest BCUT2D eigenvalue weighted by molar-refractivity contribution is -0.139. The molecule has 0 radical (unpaired) electrons. The summed E-state index contributed by atoms with van der Waals surface area (Å²) in [7, 11) is 0. The number of rotatable bonds is 7. The molecule has 1 unspecified atom stereocenters. The van der Waals surface area contributed by atoms with Crippen molar-refractivity contribution in [2.45, 2.75) is 52.4 Å². The number of hydrogen-bond donors (Lipinski definition) is 1. The number of hydrogen-bond acceptors (Lipinski definition) is 2. The zero-order chi connectivity index (χ0) is 20.9. The summed E-state index contributed by atoms with van der Waals surface area (Å²) < 4.78 is 39.4. The predicted molar refractivity (Wildman–Crippen MR) is 102 cm³/mol. The second-order valence-electron chi connectivity index (χ2n) is 7.13. The summed E-state index contributed by atoms with van der Waals surface area (Å²) in [4.78, 5) is 24.4. The Labute approximate surface area is 162 Å². The predicted octanol–water partition coefficient (Wildman–Crippen LogP) is 4.33. The topological polar surface area (TPSA) is 51.1 Å². The molecule has 28 heavy (non-hydrogen) atoms. The van der Waals surface area contributed by atoms with Gasteiger partial charge in [-0.2, -0.15) is 13.2 Å². The van der Waals surface area contributed by atoms with E-state index in [-0.39, 0.29) is 12.0 Å². The summed E-state index contributed by atoms with van der Waals surface area (Å²) >= 11 is 0. The van der Waals surface area contributed by atoms with Gasteiger partial charge in [0.2, 0.25) is 5.91 Å². The zero-order valence-electron chi connectivity index (χ0n) is 16.2. The molecule has 4 nitrogen and oxygen atoms in total. The fraction of sp³-hybridized carbons (Fsp3) is 0.429. The molecule has 7 heteroatoms. The highest BCUT2D eigenvalue weighted by atomic mass is 19.4. The first-order valence-electron chi connectivity index (χ1n) is 9.28. The Morgan fingerprint density at radius 1 is 1.14 bits per heavy atom. The molecule has 2 aromatic rings. The van der Waals surface area contributed by atoms with Crippen molar-refractivity contribution in [2.75, 3.05) is 0 Å². The number of aromatic nitrogens is 1. The van der Waals surface area contributed by atoms with Crippen LogP contribution in [0.5, 0.6) is 0 Å². The molecule has 0 aliphatic heterocycles. The fourth-order valence-corrected chi connectivity index (χ4v) is 3.07. The van der Waals surface area contributed by atoms with Crippen LogP contribution in [0, 0.1) is 5.92 Å². The maximum Gasteiger partial charge on any atom is 0.421 e. The zero-order valence-corrected chi connectivity index (χ0v) is 16.2. The minimum atomic E-state index is -4.75. The second kappa shape index (κ2) is 9.08. The van der Waals surface area contributed by atoms with Gasteiger partial charge in [-0.25, -0.2) is 0 Å². The summed E-state index contributed by atoms with van der Waals surface area (Å²) in [5, 5.41) is 2.84. The van der Waals surface area contributed by atoms with Crippen molar-refractivity contribution in [3.63, 3.8) is 0 Å². The minimum Gasteiger partial charge on any atom is -0.347 e. The van der Waals surface area contributed by atoms with E-state index in [1.807, 2.05) is 38.1 Å². The van der Waals surface area contributed by atoms with Crippen molar-refractivity contribution >= 4 is 5.91 Å². The maximum atomic E-state index is 12.9. The van der Waals surface area contributed by atoms with Crippen LogP contribution in [0.1, 0.15) is 49.9 Å². The van der Waals surface area contributed by atoms with Gasteiger partial charge < -0.3 is 9.88 Å². The monoisotopic (exact) mass is 394 g/mol. The maximum absolute atomic E-state index is 12.9. The SMILES string of the molecule is CCCc1ccc(C(NC(=O)Cn2cccc(C(F)(F)F)c2=O)C(C)C)cc1. The number of pyridine rings is 1. The van der Waals surface area contributed by atoms with Gasteiger partial charge in [-0.05, 0) is 35.6 Å². The van der Waals surface area contributed by atoms with E-state index in [4.69, 9.17) is 0 Å². The highest BCUT2D eigenvalue weighted by Crippen LogP contribution is 2.26. The van der Waals surface area contributed by atoms with Crippen LogP contribution in [-0.2, 0) is 23.9 Å². The van der Waals surface area contributed by atoms with E-state index in [9.17, 15) is 22.8 Å². The number of nitrogens with one attached hydrogen (secondary N) is 1. The molecule has 0 spiro atoms. The Balaban J connectivity index is 2.16. The summed E-state index contributed by atoms with van der Waals surface area (Å²) in [6.07, 6.45) is -1.56. The summed E-state index contributed by atoms with van der Waals surface area (Å²) in [6.45, 7) is 5.52. The number of aryl methyl sites for hydroxylation is 1. The van der Waals surface area contributed by atoms with Crippen molar-refractivity contribution in [3.8, 4) is 0 Å². The Morgan fingerprint density at radius 2 is 1.79 bits per heavy atom. The molecule has 0 fully saturated rings. The van der Waals surface area contributed by atoms with Crippen molar-refractivity contribution in [1.82, 2.24) is 9.88 Å². The Bertz CT molecular complexity index is 855. The average molecular weight is 394 g/mol. The number of alkyl halides is 3. The fourth-order valence-electron chi connectivity index (χ4n) is 3.07. The molecular formula is C21H25F3N2O2. The molecule has 1 aromatic carbocycles. The third-order valence-corrected chi connectivity index (χ3v) is 4.50. The number of nitrogens with zero attached hydrogens (tertiary/aromatic N) is 1. The van der Waals surface area contributed by atoms with Crippen LogP contribution in [0.25, 0.3) is 0 Å². The van der Waals surface area contributed by atoms with Crippen molar-refractivity contribution < 1.29 is 18.0 Å². The third kappa shape index (κ3) is 5.47. The van der Waals surface area contributed by atoms with Crippen LogP contribution in [0.3, 0.4) is 0 Å². The van der Waals surface area contributed by atoms with Gasteiger partial charge in [0, 0.05) is 6.20 Å². The molecule has 0 bridgehead atoms. The van der Waals surface area contributed by atoms with Gasteiger partial charge in [-0.3, -0.25) is 9.59 Å². The van der Waals surface area contributed by atoms with E-state index in [2.05, 4.69) is 12.2 Å². The van der Waals surface area contributed by atoms with Crippen LogP contribution in [-0.4, -0.2) is 10.5 Å². The standard InChI is InChI=1S/C21H25F3N2O2/c1-4-6-15-8-10-16(11-9-15)19(14(2)3)25-18(27)13-26-12-5-7-17(20(26)28)21(22,23)24/h5,7-12,14,19H,4,6,13H2,1-3H3,(H,25,27). The van der Waals surface area contributed by atoms with E-state index in [1.165, 1.54) is 11.8 Å². The van der Waals surface area contributed by atoms with E-state index in [0.29, 0.717) is 6.07 Å². The lowest BCUT2D eigenvalue weighted by Crippen LogP contribution is -2.37. The van der Waals surface area contributed by atoms with E-state index in [0.717, 1.165) is 29.0 Å². The first-order chi connectivity index (χ1) is 13.1. The van der Waals surface area contributed by atoms with Gasteiger partial charge in [-0.15, -0.1) is 0 Å². The van der Waals surface area contributed by atoms with Gasteiger partial charge in [0.1, 0.15) is 12.1 Å². The molecule has 2 rings (SSSR count). The quantitative estimate of drug-likeness (QED) is 0.760. The second-order valence-corrected chi connectivity index (χ2v) is 7.13. The molecule has 1 amide bonds. The number of amides is 1. The summed E-state index contributed by atoms with van der Waals surface area (Å²) in [5.41, 5.74) is -0.389. The molecule has 0 saturated carbocycles. The van der Waals surface area contributed by atoms with Crippen LogP contribution in [0.4, 0.5) is 13.2 Å². The molecular weight excluding hydrogens is 369 g/mol. The van der Waals surface area contributed by atoms with Crippen LogP contribution < -0.4 is 10.9 Å². The van der Waals surface area contributed by atoms with Gasteiger partial charge in [-0.1, -0.05) is 51.5 Å². The Hall–Kier alpha value is -2.57. The minimum absolute atomic E-state index is 0.0687. The highest BCUT2D eigenvalue weighted by Gasteiger charge is 2.34. The first kappa shape index (κ1) is 21.7. The van der Waals surface area contributed by atoms with Gasteiger partial charge in [0.25, 0.3) is 5.56 Å². The number of benzene rings is 1. The summed E-state index contributed by atoms with van der Waals surface area (Å²) in [5.74, 6) is -0.447. The smallest absolute Gasteiger partial charge is 0.347 e. The van der Waals surface area contributed by atoms with E-state index >= 15 is 0 Å². The van der Waals surface area contributed by atoms with Gasteiger partial charge >= 0.3 is 6.18 Å². The van der Waals surface area contributed by atoms with Crippen LogP contribution in [0.15, 0.2) is 47.4 Å². The number of carbonyl (C=O) groups excluding carboxylic acids is 1. The largest absolute Gasteiger partial charge is 0.421 e. The highest BCUT2D eigenvalue weighted by molar-refractivity contribution is 5.76.